The Morgan fingerprint density at radius 3 is 2.79 bits per heavy atom. The summed E-state index contributed by atoms with van der Waals surface area (Å²) in [5, 5.41) is 5.77. The van der Waals surface area contributed by atoms with E-state index in [1.807, 2.05) is 22.7 Å². The Balaban J connectivity index is 2.02. The van der Waals surface area contributed by atoms with Crippen LogP contribution >= 0.6 is 22.7 Å². The molecule has 1 unspecified atom stereocenters. The van der Waals surface area contributed by atoms with Crippen molar-refractivity contribution in [3.05, 3.63) is 57.8 Å². The second-order valence-corrected chi connectivity index (χ2v) is 6.77. The first-order chi connectivity index (χ1) is 9.28. The van der Waals surface area contributed by atoms with E-state index in [9.17, 15) is 0 Å². The largest absolute Gasteiger partial charge is 0.306 e. The second-order valence-electron chi connectivity index (χ2n) is 4.70. The molecule has 1 nitrogen and oxygen atoms in total. The Bertz CT molecular complexity index is 652. The lowest BCUT2D eigenvalue weighted by Gasteiger charge is -2.17. The van der Waals surface area contributed by atoms with Gasteiger partial charge in [0, 0.05) is 14.3 Å². The molecule has 0 saturated heterocycles. The van der Waals surface area contributed by atoms with E-state index in [0.717, 1.165) is 6.54 Å². The molecule has 0 aliphatic heterocycles. The lowest BCUT2D eigenvalue weighted by molar-refractivity contribution is 0.639. The molecule has 19 heavy (non-hydrogen) atoms. The predicted molar refractivity (Wildman–Crippen MR) is 86.4 cm³/mol. The molecule has 0 amide bonds. The summed E-state index contributed by atoms with van der Waals surface area (Å²) in [6.45, 7) is 5.29. The van der Waals surface area contributed by atoms with Crippen LogP contribution in [0, 0.1) is 6.92 Å². The quantitative estimate of drug-likeness (QED) is 0.714. The molecule has 0 aliphatic rings. The van der Waals surface area contributed by atoms with Crippen LogP contribution in [0.5, 0.6) is 0 Å². The van der Waals surface area contributed by atoms with E-state index in [1.54, 1.807) is 0 Å². The highest BCUT2D eigenvalue weighted by Gasteiger charge is 2.16. The van der Waals surface area contributed by atoms with Crippen LogP contribution in [-0.2, 0) is 0 Å². The Morgan fingerprint density at radius 2 is 2.05 bits per heavy atom. The molecule has 98 valence electrons. The molecule has 2 heterocycles. The molecule has 3 heteroatoms. The van der Waals surface area contributed by atoms with E-state index in [1.165, 1.54) is 25.4 Å². The molecule has 3 aromatic rings. The summed E-state index contributed by atoms with van der Waals surface area (Å²) in [6, 6.07) is 13.7. The molecule has 0 radical (unpaired) electrons. The molecular formula is C16H17NS2. The first-order valence-electron chi connectivity index (χ1n) is 6.55. The van der Waals surface area contributed by atoms with E-state index in [2.05, 4.69) is 60.9 Å². The number of fused-ring (bicyclic) bond motifs is 1. The van der Waals surface area contributed by atoms with Gasteiger partial charge in [0.05, 0.1) is 6.04 Å². The zero-order valence-corrected chi connectivity index (χ0v) is 12.8. The Hall–Kier alpha value is -1.16. The van der Waals surface area contributed by atoms with Crippen LogP contribution in [-0.4, -0.2) is 6.54 Å². The van der Waals surface area contributed by atoms with Crippen molar-refractivity contribution in [1.29, 1.82) is 0 Å². The Morgan fingerprint density at radius 1 is 1.16 bits per heavy atom. The number of nitrogens with one attached hydrogen (secondary N) is 1. The number of hydrogen-bond acceptors (Lipinski definition) is 3. The van der Waals surface area contributed by atoms with Crippen LogP contribution in [0.15, 0.2) is 41.8 Å². The highest BCUT2D eigenvalue weighted by Crippen LogP contribution is 2.35. The molecule has 0 spiro atoms. The zero-order chi connectivity index (χ0) is 13.2. The fourth-order valence-corrected chi connectivity index (χ4v) is 4.59. The maximum absolute atomic E-state index is 3.61. The fourth-order valence-electron chi connectivity index (χ4n) is 2.36. The highest BCUT2D eigenvalue weighted by atomic mass is 32.1. The molecule has 0 bridgehead atoms. The van der Waals surface area contributed by atoms with Crippen molar-refractivity contribution in [3.8, 4) is 0 Å². The maximum Gasteiger partial charge on any atom is 0.0671 e. The molecule has 0 saturated carbocycles. The van der Waals surface area contributed by atoms with Crippen LogP contribution in [0.2, 0.25) is 0 Å². The normalized spacial score (nSPS) is 12.9. The average molecular weight is 287 g/mol. The molecule has 1 atom stereocenters. The van der Waals surface area contributed by atoms with Crippen molar-refractivity contribution in [2.24, 2.45) is 0 Å². The summed E-state index contributed by atoms with van der Waals surface area (Å²) in [6.07, 6.45) is 0. The fraction of sp³-hybridized carbons (Fsp3) is 0.250. The van der Waals surface area contributed by atoms with Crippen molar-refractivity contribution < 1.29 is 0 Å². The molecule has 0 fully saturated rings. The van der Waals surface area contributed by atoms with Crippen molar-refractivity contribution >= 4 is 32.1 Å². The van der Waals surface area contributed by atoms with Gasteiger partial charge in [-0.05, 0) is 36.5 Å². The second kappa shape index (κ2) is 5.45. The van der Waals surface area contributed by atoms with Gasteiger partial charge in [0.2, 0.25) is 0 Å². The number of rotatable bonds is 4. The van der Waals surface area contributed by atoms with Gasteiger partial charge in [0.25, 0.3) is 0 Å². The van der Waals surface area contributed by atoms with Gasteiger partial charge < -0.3 is 5.32 Å². The van der Waals surface area contributed by atoms with Gasteiger partial charge in [-0.15, -0.1) is 22.7 Å². The van der Waals surface area contributed by atoms with Gasteiger partial charge >= 0.3 is 0 Å². The summed E-state index contributed by atoms with van der Waals surface area (Å²) < 4.78 is 2.80. The highest BCUT2D eigenvalue weighted by molar-refractivity contribution is 7.27. The first-order valence-corrected chi connectivity index (χ1v) is 8.24. The monoisotopic (exact) mass is 287 g/mol. The maximum atomic E-state index is 3.61. The number of benzene rings is 1. The minimum absolute atomic E-state index is 0.314. The number of thiophene rings is 2. The number of hydrogen-bond donors (Lipinski definition) is 1. The molecular weight excluding hydrogens is 270 g/mol. The Labute approximate surface area is 121 Å². The summed E-state index contributed by atoms with van der Waals surface area (Å²) in [7, 11) is 0. The summed E-state index contributed by atoms with van der Waals surface area (Å²) in [5.41, 5.74) is 2.68. The minimum atomic E-state index is 0.314. The van der Waals surface area contributed by atoms with E-state index in [-0.39, 0.29) is 0 Å². The van der Waals surface area contributed by atoms with Crippen LogP contribution in [0.4, 0.5) is 0 Å². The van der Waals surface area contributed by atoms with Crippen molar-refractivity contribution in [3.63, 3.8) is 0 Å². The third-order valence-corrected chi connectivity index (χ3v) is 5.38. The van der Waals surface area contributed by atoms with Gasteiger partial charge in [0.15, 0.2) is 0 Å². The van der Waals surface area contributed by atoms with Gasteiger partial charge in [-0.25, -0.2) is 0 Å². The van der Waals surface area contributed by atoms with Gasteiger partial charge in [-0.2, -0.15) is 0 Å². The smallest absolute Gasteiger partial charge is 0.0671 e. The van der Waals surface area contributed by atoms with Crippen LogP contribution in [0.3, 0.4) is 0 Å². The van der Waals surface area contributed by atoms with Crippen LogP contribution < -0.4 is 5.32 Å². The van der Waals surface area contributed by atoms with Crippen LogP contribution in [0.25, 0.3) is 9.40 Å². The predicted octanol–water partition coefficient (Wildman–Crippen LogP) is 4.97. The van der Waals surface area contributed by atoms with E-state index < -0.39 is 0 Å². The van der Waals surface area contributed by atoms with Gasteiger partial charge in [-0.3, -0.25) is 0 Å². The zero-order valence-electron chi connectivity index (χ0n) is 11.1. The third-order valence-electron chi connectivity index (χ3n) is 3.23. The topological polar surface area (TPSA) is 12.0 Å². The van der Waals surface area contributed by atoms with Crippen LogP contribution in [0.1, 0.15) is 29.0 Å². The van der Waals surface area contributed by atoms with E-state index >= 15 is 0 Å². The summed E-state index contributed by atoms with van der Waals surface area (Å²) >= 11 is 3.73. The summed E-state index contributed by atoms with van der Waals surface area (Å²) in [4.78, 5) is 1.41. The standard InChI is InChI=1S/C16H17NS2/c1-3-17-16(12-6-4-5-11(2)9-12)15-10-14-13(19-15)7-8-18-14/h4-10,16-17H,3H2,1-2H3. The first kappa shape index (κ1) is 12.9. The van der Waals surface area contributed by atoms with E-state index in [4.69, 9.17) is 0 Å². The lowest BCUT2D eigenvalue weighted by Crippen LogP contribution is -2.21. The van der Waals surface area contributed by atoms with Gasteiger partial charge in [0.1, 0.15) is 0 Å². The van der Waals surface area contributed by atoms with Crippen molar-refractivity contribution in [2.75, 3.05) is 6.54 Å². The molecule has 3 rings (SSSR count). The van der Waals surface area contributed by atoms with Gasteiger partial charge in [-0.1, -0.05) is 36.8 Å². The lowest BCUT2D eigenvalue weighted by atomic mass is 10.0. The van der Waals surface area contributed by atoms with Crippen molar-refractivity contribution in [2.45, 2.75) is 19.9 Å². The van der Waals surface area contributed by atoms with Crippen molar-refractivity contribution in [1.82, 2.24) is 5.32 Å². The Kier molecular flexibility index (Phi) is 3.69. The summed E-state index contributed by atoms with van der Waals surface area (Å²) in [5.74, 6) is 0. The molecule has 0 aliphatic carbocycles. The molecule has 1 N–H and O–H groups in total. The number of aryl methyl sites for hydroxylation is 1. The van der Waals surface area contributed by atoms with E-state index in [0.29, 0.717) is 6.04 Å². The average Bonchev–Trinajstić information content (AvgIpc) is 2.96. The molecule has 1 aromatic carbocycles. The minimum Gasteiger partial charge on any atom is -0.306 e. The SMILES string of the molecule is CCNC(c1cccc(C)c1)c1cc2sccc2s1. The third kappa shape index (κ3) is 2.59. The molecule has 2 aromatic heterocycles.